The monoisotopic (exact) mass is 896 g/mol. The highest BCUT2D eigenvalue weighted by molar-refractivity contribution is 6.12. The number of fused-ring (bicyclic) bond motifs is 9. The summed E-state index contributed by atoms with van der Waals surface area (Å²) in [5, 5.41) is 2.48. The fourth-order valence-corrected chi connectivity index (χ4v) is 11.7. The van der Waals surface area contributed by atoms with Crippen molar-refractivity contribution in [3.05, 3.63) is 264 Å². The van der Waals surface area contributed by atoms with Gasteiger partial charge in [0, 0.05) is 44.4 Å². The van der Waals surface area contributed by atoms with E-state index < -0.39 is 0 Å². The van der Waals surface area contributed by atoms with E-state index in [9.17, 15) is 0 Å². The zero-order valence-corrected chi connectivity index (χ0v) is 40.0. The number of hydrogen-bond donors (Lipinski definition) is 0. The number of rotatable bonds is 8. The van der Waals surface area contributed by atoms with Crippen LogP contribution in [0, 0.1) is 0 Å². The van der Waals surface area contributed by atoms with Crippen molar-refractivity contribution < 1.29 is 0 Å². The normalized spacial score (nSPS) is 13.9. The van der Waals surface area contributed by atoms with E-state index >= 15 is 0 Å². The molecule has 0 N–H and O–H groups in total. The molecule has 0 aliphatic heterocycles. The lowest BCUT2D eigenvalue weighted by molar-refractivity contribution is 0.660. The second-order valence-electron chi connectivity index (χ2n) is 20.2. The average molecular weight is 897 g/mol. The number of anilines is 3. The fraction of sp³-hybridized carbons (Fsp3) is 0.0882. The van der Waals surface area contributed by atoms with Crippen LogP contribution < -0.4 is 4.90 Å². The molecule has 2 aliphatic rings. The third kappa shape index (κ3) is 6.70. The van der Waals surface area contributed by atoms with Gasteiger partial charge in [-0.25, -0.2) is 0 Å². The predicted molar refractivity (Wildman–Crippen MR) is 297 cm³/mol. The summed E-state index contributed by atoms with van der Waals surface area (Å²) in [5.74, 6) is 0. The molecule has 2 nitrogen and oxygen atoms in total. The number of benzene rings is 10. The fourth-order valence-electron chi connectivity index (χ4n) is 11.7. The van der Waals surface area contributed by atoms with Crippen LogP contribution in [-0.2, 0) is 10.8 Å². The van der Waals surface area contributed by atoms with Gasteiger partial charge in [0.25, 0.3) is 0 Å². The Morgan fingerprint density at radius 3 is 1.23 bits per heavy atom. The maximum atomic E-state index is 2.45. The molecule has 334 valence electrons. The van der Waals surface area contributed by atoms with Gasteiger partial charge in [-0.2, -0.15) is 0 Å². The number of aromatic nitrogens is 1. The van der Waals surface area contributed by atoms with E-state index in [0.29, 0.717) is 0 Å². The van der Waals surface area contributed by atoms with Crippen LogP contribution in [0.1, 0.15) is 61.1 Å². The zero-order valence-electron chi connectivity index (χ0n) is 40.0. The summed E-state index contributed by atoms with van der Waals surface area (Å²) in [6.45, 7) is 9.46. The first-order valence-electron chi connectivity index (χ1n) is 24.6. The summed E-state index contributed by atoms with van der Waals surface area (Å²) in [7, 11) is 0. The van der Waals surface area contributed by atoms with Crippen LogP contribution in [0.5, 0.6) is 0 Å². The number of para-hydroxylation sites is 1. The third-order valence-electron chi connectivity index (χ3n) is 15.4. The Balaban J connectivity index is 0.924. The van der Waals surface area contributed by atoms with Gasteiger partial charge in [0.05, 0.1) is 11.0 Å². The molecule has 2 heteroatoms. The molecule has 11 aromatic rings. The van der Waals surface area contributed by atoms with Crippen molar-refractivity contribution in [1.29, 1.82) is 0 Å². The quantitative estimate of drug-likeness (QED) is 0.138. The molecule has 1 heterocycles. The third-order valence-corrected chi connectivity index (χ3v) is 15.4. The van der Waals surface area contributed by atoms with Crippen LogP contribution in [0.25, 0.3) is 84.2 Å². The lowest BCUT2D eigenvalue weighted by Gasteiger charge is -2.26. The second kappa shape index (κ2) is 16.1. The molecule has 13 rings (SSSR count). The Hall–Kier alpha value is -8.46. The van der Waals surface area contributed by atoms with Crippen LogP contribution >= 0.6 is 0 Å². The van der Waals surface area contributed by atoms with E-state index in [2.05, 4.69) is 280 Å². The van der Waals surface area contributed by atoms with Gasteiger partial charge >= 0.3 is 0 Å². The van der Waals surface area contributed by atoms with Gasteiger partial charge in [-0.15, -0.1) is 0 Å². The van der Waals surface area contributed by atoms with E-state index in [-0.39, 0.29) is 10.8 Å². The minimum atomic E-state index is -0.0751. The lowest BCUT2D eigenvalue weighted by Crippen LogP contribution is -2.14. The highest BCUT2D eigenvalue weighted by Gasteiger charge is 2.36. The van der Waals surface area contributed by atoms with Crippen LogP contribution in [0.15, 0.2) is 231 Å². The SMILES string of the molecule is CC1(C)c2ccccc2-c2ccc(-c3ccc4c(c3)c3cc(-c5ccc6c(c5)C(C)(C)c5ccccc5-6)ccc3n4-c3ccc(N(c4ccccc4)c4ccc(/C=C/c5ccccc5)cc4)cc3)cc21. The Morgan fingerprint density at radius 2 is 0.714 bits per heavy atom. The van der Waals surface area contributed by atoms with Crippen molar-refractivity contribution in [3.8, 4) is 50.2 Å². The van der Waals surface area contributed by atoms with Gasteiger partial charge in [0.1, 0.15) is 0 Å². The summed E-state index contributed by atoms with van der Waals surface area (Å²) in [4.78, 5) is 2.34. The van der Waals surface area contributed by atoms with Gasteiger partial charge in [0.2, 0.25) is 0 Å². The topological polar surface area (TPSA) is 8.17 Å². The maximum Gasteiger partial charge on any atom is 0.0541 e. The number of nitrogens with zero attached hydrogens (tertiary/aromatic N) is 2. The smallest absolute Gasteiger partial charge is 0.0541 e. The molecule has 2 aliphatic carbocycles. The van der Waals surface area contributed by atoms with E-state index in [4.69, 9.17) is 0 Å². The molecule has 0 saturated carbocycles. The molecule has 0 atom stereocenters. The molecular formula is C68H52N2. The van der Waals surface area contributed by atoms with Gasteiger partial charge in [-0.3, -0.25) is 0 Å². The van der Waals surface area contributed by atoms with Crippen molar-refractivity contribution in [3.63, 3.8) is 0 Å². The summed E-state index contributed by atoms with van der Waals surface area (Å²) in [6.07, 6.45) is 4.34. The minimum absolute atomic E-state index is 0.0751. The summed E-state index contributed by atoms with van der Waals surface area (Å²) >= 11 is 0. The molecule has 70 heavy (non-hydrogen) atoms. The van der Waals surface area contributed by atoms with Crippen molar-refractivity contribution in [1.82, 2.24) is 4.57 Å². The first-order valence-corrected chi connectivity index (χ1v) is 24.6. The van der Waals surface area contributed by atoms with E-state index in [1.54, 1.807) is 0 Å². The van der Waals surface area contributed by atoms with Crippen molar-refractivity contribution in [2.45, 2.75) is 38.5 Å². The molecule has 0 bridgehead atoms. The molecule has 0 amide bonds. The van der Waals surface area contributed by atoms with Crippen molar-refractivity contribution in [2.75, 3.05) is 4.90 Å². The molecule has 0 radical (unpaired) electrons. The van der Waals surface area contributed by atoms with Gasteiger partial charge in [-0.1, -0.05) is 185 Å². The summed E-state index contributed by atoms with van der Waals surface area (Å²) in [5.41, 5.74) is 24.9. The maximum absolute atomic E-state index is 2.45. The average Bonchev–Trinajstić information content (AvgIpc) is 3.95. The highest BCUT2D eigenvalue weighted by atomic mass is 15.1. The zero-order chi connectivity index (χ0) is 47.1. The van der Waals surface area contributed by atoms with Gasteiger partial charge < -0.3 is 9.47 Å². The van der Waals surface area contributed by atoms with Crippen LogP contribution in [0.3, 0.4) is 0 Å². The van der Waals surface area contributed by atoms with Gasteiger partial charge in [-0.05, 0) is 163 Å². The molecule has 0 spiro atoms. The molecule has 0 saturated heterocycles. The van der Waals surface area contributed by atoms with Crippen LogP contribution in [-0.4, -0.2) is 4.57 Å². The predicted octanol–water partition coefficient (Wildman–Crippen LogP) is 18.4. The Bertz CT molecular complexity index is 3690. The first kappa shape index (κ1) is 41.7. The first-order chi connectivity index (χ1) is 34.2. The van der Waals surface area contributed by atoms with Gasteiger partial charge in [0.15, 0.2) is 0 Å². The standard InChI is InChI=1S/C68H52N2/c1-67(2)61-21-13-11-19-55(61)57-37-27-49(43-63(57)67)47-29-39-65-59(41-47)60-42-48(50-28-38-58-56-20-12-14-22-62(56)68(3,4)64(58)44-50)30-40-66(60)70(65)54-35-33-53(34-36-54)69(51-17-9-6-10-18-51)52-31-25-46(26-32-52)24-23-45-15-7-5-8-16-45/h5-44H,1-4H3/b24-23+. The van der Waals surface area contributed by atoms with Crippen LogP contribution in [0.4, 0.5) is 17.1 Å². The summed E-state index contributed by atoms with van der Waals surface area (Å²) < 4.78 is 2.45. The van der Waals surface area contributed by atoms with E-state index in [0.717, 1.165) is 28.3 Å². The summed E-state index contributed by atoms with van der Waals surface area (Å²) in [6, 6.07) is 85.2. The second-order valence-corrected chi connectivity index (χ2v) is 20.2. The molecule has 10 aromatic carbocycles. The van der Waals surface area contributed by atoms with Crippen LogP contribution in [0.2, 0.25) is 0 Å². The van der Waals surface area contributed by atoms with E-state index in [1.165, 1.54) is 94.1 Å². The highest BCUT2D eigenvalue weighted by Crippen LogP contribution is 2.51. The molecule has 0 fully saturated rings. The van der Waals surface area contributed by atoms with E-state index in [1.807, 2.05) is 0 Å². The Kier molecular flexibility index (Phi) is 9.58. The Morgan fingerprint density at radius 1 is 0.329 bits per heavy atom. The number of hydrogen-bond acceptors (Lipinski definition) is 1. The van der Waals surface area contributed by atoms with Crippen molar-refractivity contribution >= 4 is 51.0 Å². The Labute approximate surface area is 411 Å². The minimum Gasteiger partial charge on any atom is -0.311 e. The molecular weight excluding hydrogens is 845 g/mol. The lowest BCUT2D eigenvalue weighted by atomic mass is 9.81. The largest absolute Gasteiger partial charge is 0.311 e. The molecule has 1 aromatic heterocycles. The van der Waals surface area contributed by atoms with Crippen molar-refractivity contribution in [2.24, 2.45) is 0 Å². The molecule has 0 unspecified atom stereocenters.